The van der Waals surface area contributed by atoms with Crippen LogP contribution >= 0.6 is 0 Å². The van der Waals surface area contributed by atoms with Crippen molar-refractivity contribution in [3.8, 4) is 0 Å². The van der Waals surface area contributed by atoms with E-state index < -0.39 is 11.7 Å². The first-order valence-electron chi connectivity index (χ1n) is 11.8. The van der Waals surface area contributed by atoms with Gasteiger partial charge in [-0.05, 0) is 61.2 Å². The minimum absolute atomic E-state index is 0.100. The van der Waals surface area contributed by atoms with Gasteiger partial charge in [0.05, 0.1) is 5.56 Å². The highest BCUT2D eigenvalue weighted by Crippen LogP contribution is 2.27. The third kappa shape index (κ3) is 10.6. The molecule has 0 fully saturated rings. The van der Waals surface area contributed by atoms with Gasteiger partial charge in [-0.3, -0.25) is 14.6 Å². The van der Waals surface area contributed by atoms with Gasteiger partial charge < -0.3 is 9.88 Å². The molecule has 9 heteroatoms. The summed E-state index contributed by atoms with van der Waals surface area (Å²) in [5, 5.41) is 2.71. The monoisotopic (exact) mass is 514 g/mol. The lowest BCUT2D eigenvalue weighted by atomic mass is 10.1. The highest BCUT2D eigenvalue weighted by Gasteiger charge is 2.29. The van der Waals surface area contributed by atoms with Crippen LogP contribution in [0, 0.1) is 6.92 Å². The molecule has 6 nitrogen and oxygen atoms in total. The fourth-order valence-electron chi connectivity index (χ4n) is 2.79. The van der Waals surface area contributed by atoms with E-state index in [-0.39, 0.29) is 11.5 Å². The Kier molecular flexibility index (Phi) is 12.7. The molecular formula is C28H33F3N4O2. The number of pyridine rings is 3. The number of rotatable bonds is 6. The summed E-state index contributed by atoms with van der Waals surface area (Å²) in [6.07, 6.45) is 3.84. The number of anilines is 1. The number of halogens is 3. The summed E-state index contributed by atoms with van der Waals surface area (Å²) in [6.45, 7) is 13.1. The smallest absolute Gasteiger partial charge is 0.315 e. The number of nitrogens with zero attached hydrogens (tertiary/aromatic N) is 3. The van der Waals surface area contributed by atoms with Crippen molar-refractivity contribution < 1.29 is 18.0 Å². The standard InChI is InChI=1S/C15H17N3O2.C11H10F3N.C2H6/c1-3-8-18-10-12(5-7-14(18)19)15(20)17-13-6-4-11(2)9-16-13;1-8(6-9(2)11(12,13)14)10-4-3-5-15-7-10;1-2/h4-7,9-10H,3,8H2,1-2H3,(H,16,17,20);3-7H,1H2,2H3;1-2H3/b;9-6+;. The van der Waals surface area contributed by atoms with E-state index >= 15 is 0 Å². The lowest BCUT2D eigenvalue weighted by molar-refractivity contribution is -0.0912. The molecule has 0 aromatic carbocycles. The molecule has 0 aliphatic heterocycles. The van der Waals surface area contributed by atoms with Gasteiger partial charge >= 0.3 is 6.18 Å². The minimum atomic E-state index is -4.30. The topological polar surface area (TPSA) is 76.9 Å². The Bertz CT molecular complexity index is 1230. The van der Waals surface area contributed by atoms with Gasteiger partial charge in [0.2, 0.25) is 0 Å². The van der Waals surface area contributed by atoms with Crippen molar-refractivity contribution in [3.05, 3.63) is 106 Å². The predicted octanol–water partition coefficient (Wildman–Crippen LogP) is 6.84. The fourth-order valence-corrected chi connectivity index (χ4v) is 2.79. The van der Waals surface area contributed by atoms with Crippen molar-refractivity contribution in [1.82, 2.24) is 14.5 Å². The molecule has 3 heterocycles. The quantitative estimate of drug-likeness (QED) is 0.365. The predicted molar refractivity (Wildman–Crippen MR) is 142 cm³/mol. The van der Waals surface area contributed by atoms with E-state index in [1.807, 2.05) is 33.8 Å². The van der Waals surface area contributed by atoms with Crippen LogP contribution < -0.4 is 10.9 Å². The van der Waals surface area contributed by atoms with Gasteiger partial charge in [0.25, 0.3) is 11.5 Å². The highest BCUT2D eigenvalue weighted by molar-refractivity contribution is 6.03. The summed E-state index contributed by atoms with van der Waals surface area (Å²) in [5.41, 5.74) is 1.59. The average Bonchev–Trinajstić information content (AvgIpc) is 2.88. The maximum Gasteiger partial charge on any atom is 0.412 e. The van der Waals surface area contributed by atoms with E-state index in [0.29, 0.717) is 29.1 Å². The summed E-state index contributed by atoms with van der Waals surface area (Å²) >= 11 is 0. The summed E-state index contributed by atoms with van der Waals surface area (Å²) in [6, 6.07) is 9.87. The van der Waals surface area contributed by atoms with E-state index in [1.54, 1.807) is 36.8 Å². The van der Waals surface area contributed by atoms with Gasteiger partial charge in [-0.1, -0.05) is 39.5 Å². The average molecular weight is 515 g/mol. The zero-order valence-electron chi connectivity index (χ0n) is 21.8. The number of carbonyl (C=O) groups is 1. The minimum Gasteiger partial charge on any atom is -0.315 e. The lowest BCUT2D eigenvalue weighted by Crippen LogP contribution is -2.22. The Labute approximate surface area is 215 Å². The van der Waals surface area contributed by atoms with Gasteiger partial charge in [-0.15, -0.1) is 0 Å². The van der Waals surface area contributed by atoms with Gasteiger partial charge in [0, 0.05) is 43.0 Å². The van der Waals surface area contributed by atoms with Crippen molar-refractivity contribution in [2.75, 3.05) is 5.32 Å². The number of hydrogen-bond acceptors (Lipinski definition) is 4. The number of nitrogens with one attached hydrogen (secondary N) is 1. The summed E-state index contributed by atoms with van der Waals surface area (Å²) in [5.74, 6) is 0.222. The van der Waals surface area contributed by atoms with Gasteiger partial charge in [-0.25, -0.2) is 4.98 Å². The molecule has 1 amide bonds. The van der Waals surface area contributed by atoms with E-state index in [2.05, 4.69) is 21.9 Å². The summed E-state index contributed by atoms with van der Waals surface area (Å²) < 4.78 is 38.1. The number of amides is 1. The molecule has 0 spiro atoms. The molecule has 0 atom stereocenters. The second-order valence-electron chi connectivity index (χ2n) is 7.72. The first-order valence-corrected chi connectivity index (χ1v) is 11.8. The molecule has 0 aliphatic rings. The molecule has 0 saturated carbocycles. The van der Waals surface area contributed by atoms with Crippen molar-refractivity contribution in [3.63, 3.8) is 0 Å². The van der Waals surface area contributed by atoms with Crippen LogP contribution in [0.15, 0.2) is 84.2 Å². The molecule has 0 bridgehead atoms. The van der Waals surface area contributed by atoms with Crippen LogP contribution in [0.25, 0.3) is 5.57 Å². The van der Waals surface area contributed by atoms with E-state index in [0.717, 1.165) is 25.0 Å². The normalized spacial score (nSPS) is 10.9. The summed E-state index contributed by atoms with van der Waals surface area (Å²) in [4.78, 5) is 31.6. The molecule has 3 rings (SSSR count). The molecule has 37 heavy (non-hydrogen) atoms. The Hall–Kier alpha value is -4.01. The van der Waals surface area contributed by atoms with Crippen molar-refractivity contribution in [2.24, 2.45) is 0 Å². The lowest BCUT2D eigenvalue weighted by Gasteiger charge is -2.07. The van der Waals surface area contributed by atoms with Crippen LogP contribution in [0.4, 0.5) is 19.0 Å². The number of carbonyl (C=O) groups excluding carboxylic acids is 1. The SMILES string of the molecule is C=C(/C=C(\C)C(F)(F)F)c1cccnc1.CC.CCCn1cc(C(=O)Nc2ccc(C)cn2)ccc1=O. The number of aryl methyl sites for hydroxylation is 2. The second-order valence-corrected chi connectivity index (χ2v) is 7.72. The summed E-state index contributed by atoms with van der Waals surface area (Å²) in [7, 11) is 0. The van der Waals surface area contributed by atoms with Gasteiger partial charge in [-0.2, -0.15) is 13.2 Å². The molecule has 1 N–H and O–H groups in total. The second kappa shape index (κ2) is 15.2. The Balaban J connectivity index is 0.000000360. The zero-order valence-corrected chi connectivity index (χ0v) is 21.8. The fraction of sp³-hybridized carbons (Fsp3) is 0.286. The number of allylic oxidation sites excluding steroid dienone is 3. The molecular weight excluding hydrogens is 481 g/mol. The maximum atomic E-state index is 12.2. The zero-order chi connectivity index (χ0) is 28.0. The van der Waals surface area contributed by atoms with E-state index in [9.17, 15) is 22.8 Å². The Morgan fingerprint density at radius 3 is 2.35 bits per heavy atom. The molecule has 3 aromatic rings. The van der Waals surface area contributed by atoms with Gasteiger partial charge in [0.1, 0.15) is 5.82 Å². The van der Waals surface area contributed by atoms with Crippen molar-refractivity contribution in [2.45, 2.75) is 53.8 Å². The molecule has 198 valence electrons. The largest absolute Gasteiger partial charge is 0.412 e. The highest BCUT2D eigenvalue weighted by atomic mass is 19.4. The maximum absolute atomic E-state index is 12.2. The molecule has 0 saturated heterocycles. The van der Waals surface area contributed by atoms with E-state index in [1.165, 1.54) is 22.9 Å². The Morgan fingerprint density at radius 2 is 1.81 bits per heavy atom. The van der Waals surface area contributed by atoms with E-state index in [4.69, 9.17) is 0 Å². The number of hydrogen-bond donors (Lipinski definition) is 1. The number of alkyl halides is 3. The third-order valence-electron chi connectivity index (χ3n) is 4.73. The molecule has 0 unspecified atom stereocenters. The van der Waals surface area contributed by atoms with Crippen molar-refractivity contribution >= 4 is 17.3 Å². The van der Waals surface area contributed by atoms with Crippen LogP contribution in [-0.2, 0) is 6.54 Å². The van der Waals surface area contributed by atoms with Crippen molar-refractivity contribution in [1.29, 1.82) is 0 Å². The van der Waals surface area contributed by atoms with Crippen LogP contribution in [0.2, 0.25) is 0 Å². The first kappa shape index (κ1) is 31.0. The number of aromatic nitrogens is 3. The van der Waals surface area contributed by atoms with Crippen LogP contribution in [0.1, 0.15) is 55.6 Å². The van der Waals surface area contributed by atoms with Crippen LogP contribution in [0.5, 0.6) is 0 Å². The van der Waals surface area contributed by atoms with Gasteiger partial charge in [0.15, 0.2) is 0 Å². The molecule has 3 aromatic heterocycles. The third-order valence-corrected chi connectivity index (χ3v) is 4.73. The molecule has 0 aliphatic carbocycles. The van der Waals surface area contributed by atoms with Crippen LogP contribution in [-0.4, -0.2) is 26.6 Å². The first-order chi connectivity index (χ1) is 17.5. The van der Waals surface area contributed by atoms with Crippen LogP contribution in [0.3, 0.4) is 0 Å². The molecule has 0 radical (unpaired) electrons. The Morgan fingerprint density at radius 1 is 1.11 bits per heavy atom.